The SMILES string of the molecule is CCC(Cl)CCNC(=O)c1cccc(C)c1C. The number of aryl methyl sites for hydroxylation is 1. The molecule has 1 aromatic carbocycles. The molecule has 0 saturated carbocycles. The van der Waals surface area contributed by atoms with Crippen LogP contribution in [-0.2, 0) is 0 Å². The maximum absolute atomic E-state index is 11.9. The zero-order valence-electron chi connectivity index (χ0n) is 10.7. The predicted molar refractivity (Wildman–Crippen MR) is 72.8 cm³/mol. The van der Waals surface area contributed by atoms with Gasteiger partial charge in [-0.25, -0.2) is 0 Å². The highest BCUT2D eigenvalue weighted by Gasteiger charge is 2.10. The molecule has 0 radical (unpaired) electrons. The second kappa shape index (κ2) is 6.65. The number of carbonyl (C=O) groups excluding carboxylic acids is 1. The number of carbonyl (C=O) groups is 1. The molecule has 0 bridgehead atoms. The summed E-state index contributed by atoms with van der Waals surface area (Å²) in [6.45, 7) is 6.66. The lowest BCUT2D eigenvalue weighted by Gasteiger charge is -2.10. The molecule has 2 nitrogen and oxygen atoms in total. The molecule has 1 N–H and O–H groups in total. The zero-order chi connectivity index (χ0) is 12.8. The summed E-state index contributed by atoms with van der Waals surface area (Å²) in [5.41, 5.74) is 2.94. The van der Waals surface area contributed by atoms with E-state index in [4.69, 9.17) is 11.6 Å². The van der Waals surface area contributed by atoms with E-state index in [1.807, 2.05) is 39.0 Å². The smallest absolute Gasteiger partial charge is 0.251 e. The number of benzene rings is 1. The van der Waals surface area contributed by atoms with Crippen LogP contribution in [0.1, 0.15) is 41.3 Å². The predicted octanol–water partition coefficient (Wildman–Crippen LogP) is 3.44. The van der Waals surface area contributed by atoms with E-state index in [2.05, 4.69) is 5.32 Å². The van der Waals surface area contributed by atoms with Crippen molar-refractivity contribution < 1.29 is 4.79 Å². The summed E-state index contributed by atoms with van der Waals surface area (Å²) in [6.07, 6.45) is 1.75. The zero-order valence-corrected chi connectivity index (χ0v) is 11.5. The molecule has 0 aliphatic heterocycles. The van der Waals surface area contributed by atoms with Crippen molar-refractivity contribution in [1.29, 1.82) is 0 Å². The van der Waals surface area contributed by atoms with Crippen molar-refractivity contribution >= 4 is 17.5 Å². The minimum absolute atomic E-state index is 0.00818. The first kappa shape index (κ1) is 14.0. The van der Waals surface area contributed by atoms with Crippen molar-refractivity contribution in [1.82, 2.24) is 5.32 Å². The third kappa shape index (κ3) is 4.04. The summed E-state index contributed by atoms with van der Waals surface area (Å²) in [5, 5.41) is 3.06. The van der Waals surface area contributed by atoms with Crippen molar-refractivity contribution in [3.05, 3.63) is 34.9 Å². The number of halogens is 1. The van der Waals surface area contributed by atoms with Crippen LogP contribution in [-0.4, -0.2) is 17.8 Å². The molecule has 0 aromatic heterocycles. The summed E-state index contributed by atoms with van der Waals surface area (Å²) in [5.74, 6) is -0.00818. The van der Waals surface area contributed by atoms with Gasteiger partial charge in [-0.2, -0.15) is 0 Å². The van der Waals surface area contributed by atoms with Gasteiger partial charge in [-0.05, 0) is 43.9 Å². The van der Waals surface area contributed by atoms with E-state index >= 15 is 0 Å². The fraction of sp³-hybridized carbons (Fsp3) is 0.500. The highest BCUT2D eigenvalue weighted by atomic mass is 35.5. The minimum Gasteiger partial charge on any atom is -0.352 e. The molecule has 17 heavy (non-hydrogen) atoms. The summed E-state index contributed by atoms with van der Waals surface area (Å²) in [7, 11) is 0. The Morgan fingerprint density at radius 2 is 2.12 bits per heavy atom. The van der Waals surface area contributed by atoms with E-state index in [9.17, 15) is 4.79 Å². The third-order valence-electron chi connectivity index (χ3n) is 3.04. The molecule has 0 aliphatic carbocycles. The Hall–Kier alpha value is -1.02. The molecular formula is C14H20ClNO. The Balaban J connectivity index is 2.56. The molecule has 94 valence electrons. The molecule has 1 unspecified atom stereocenters. The molecule has 1 amide bonds. The van der Waals surface area contributed by atoms with Gasteiger partial charge in [-0.3, -0.25) is 4.79 Å². The van der Waals surface area contributed by atoms with Gasteiger partial charge in [0.15, 0.2) is 0 Å². The van der Waals surface area contributed by atoms with Gasteiger partial charge in [0.2, 0.25) is 0 Å². The van der Waals surface area contributed by atoms with Gasteiger partial charge in [-0.1, -0.05) is 19.1 Å². The van der Waals surface area contributed by atoms with Crippen molar-refractivity contribution in [2.75, 3.05) is 6.54 Å². The second-order valence-corrected chi connectivity index (χ2v) is 4.91. The average molecular weight is 254 g/mol. The standard InChI is InChI=1S/C14H20ClNO/c1-4-12(15)8-9-16-14(17)13-7-5-6-10(2)11(13)3/h5-7,12H,4,8-9H2,1-3H3,(H,16,17). The highest BCUT2D eigenvalue weighted by molar-refractivity contribution is 6.20. The number of hydrogen-bond donors (Lipinski definition) is 1. The van der Waals surface area contributed by atoms with Crippen LogP contribution in [0.2, 0.25) is 0 Å². The average Bonchev–Trinajstić information content (AvgIpc) is 2.32. The number of amides is 1. The fourth-order valence-corrected chi connectivity index (χ4v) is 1.75. The van der Waals surface area contributed by atoms with Crippen LogP contribution in [0, 0.1) is 13.8 Å². The van der Waals surface area contributed by atoms with Gasteiger partial charge < -0.3 is 5.32 Å². The van der Waals surface area contributed by atoms with Crippen LogP contribution in [0.15, 0.2) is 18.2 Å². The van der Waals surface area contributed by atoms with Crippen LogP contribution in [0.3, 0.4) is 0 Å². The molecule has 0 spiro atoms. The first-order chi connectivity index (χ1) is 8.06. The highest BCUT2D eigenvalue weighted by Crippen LogP contribution is 2.12. The van der Waals surface area contributed by atoms with E-state index in [0.717, 1.165) is 29.5 Å². The van der Waals surface area contributed by atoms with Gasteiger partial charge in [0.1, 0.15) is 0 Å². The van der Waals surface area contributed by atoms with Gasteiger partial charge in [0, 0.05) is 17.5 Å². The fourth-order valence-electron chi connectivity index (χ4n) is 1.64. The van der Waals surface area contributed by atoms with Gasteiger partial charge >= 0.3 is 0 Å². The molecule has 0 aliphatic rings. The monoisotopic (exact) mass is 253 g/mol. The maximum Gasteiger partial charge on any atom is 0.251 e. The Kier molecular flexibility index (Phi) is 5.49. The Morgan fingerprint density at radius 3 is 2.76 bits per heavy atom. The Morgan fingerprint density at radius 1 is 1.41 bits per heavy atom. The third-order valence-corrected chi connectivity index (χ3v) is 3.56. The molecule has 1 rings (SSSR count). The first-order valence-corrected chi connectivity index (χ1v) is 6.48. The lowest BCUT2D eigenvalue weighted by Crippen LogP contribution is -2.26. The normalized spacial score (nSPS) is 12.2. The molecular weight excluding hydrogens is 234 g/mol. The number of hydrogen-bond acceptors (Lipinski definition) is 1. The lowest BCUT2D eigenvalue weighted by atomic mass is 10.0. The van der Waals surface area contributed by atoms with Crippen LogP contribution >= 0.6 is 11.6 Å². The number of alkyl halides is 1. The molecule has 0 heterocycles. The minimum atomic E-state index is -0.00818. The molecule has 1 aromatic rings. The maximum atomic E-state index is 11.9. The Labute approximate surface area is 108 Å². The van der Waals surface area contributed by atoms with E-state index in [-0.39, 0.29) is 11.3 Å². The van der Waals surface area contributed by atoms with Crippen LogP contribution in [0.4, 0.5) is 0 Å². The van der Waals surface area contributed by atoms with E-state index in [1.54, 1.807) is 0 Å². The van der Waals surface area contributed by atoms with E-state index < -0.39 is 0 Å². The second-order valence-electron chi connectivity index (χ2n) is 4.30. The lowest BCUT2D eigenvalue weighted by molar-refractivity contribution is 0.0952. The molecule has 0 saturated heterocycles. The summed E-state index contributed by atoms with van der Waals surface area (Å²) >= 11 is 6.00. The topological polar surface area (TPSA) is 29.1 Å². The molecule has 1 atom stereocenters. The van der Waals surface area contributed by atoms with E-state index in [1.165, 1.54) is 0 Å². The molecule has 0 fully saturated rings. The van der Waals surface area contributed by atoms with Crippen LogP contribution < -0.4 is 5.32 Å². The molecule has 3 heteroatoms. The van der Waals surface area contributed by atoms with Crippen molar-refractivity contribution in [3.8, 4) is 0 Å². The Bertz CT molecular complexity index is 390. The largest absolute Gasteiger partial charge is 0.352 e. The number of rotatable bonds is 5. The van der Waals surface area contributed by atoms with Crippen molar-refractivity contribution in [2.24, 2.45) is 0 Å². The van der Waals surface area contributed by atoms with Crippen LogP contribution in [0.5, 0.6) is 0 Å². The first-order valence-electron chi connectivity index (χ1n) is 6.04. The number of nitrogens with one attached hydrogen (secondary N) is 1. The summed E-state index contributed by atoms with van der Waals surface area (Å²) in [6, 6.07) is 5.78. The summed E-state index contributed by atoms with van der Waals surface area (Å²) < 4.78 is 0. The summed E-state index contributed by atoms with van der Waals surface area (Å²) in [4.78, 5) is 11.9. The van der Waals surface area contributed by atoms with Crippen LogP contribution in [0.25, 0.3) is 0 Å². The van der Waals surface area contributed by atoms with Crippen molar-refractivity contribution in [2.45, 2.75) is 39.0 Å². The van der Waals surface area contributed by atoms with Gasteiger partial charge in [0.25, 0.3) is 5.91 Å². The quantitative estimate of drug-likeness (QED) is 0.801. The van der Waals surface area contributed by atoms with E-state index in [0.29, 0.717) is 6.54 Å². The van der Waals surface area contributed by atoms with Gasteiger partial charge in [-0.15, -0.1) is 11.6 Å². The van der Waals surface area contributed by atoms with Crippen molar-refractivity contribution in [3.63, 3.8) is 0 Å². The van der Waals surface area contributed by atoms with Gasteiger partial charge in [0.05, 0.1) is 0 Å².